The normalized spacial score (nSPS) is 15.8. The van der Waals surface area contributed by atoms with E-state index in [4.69, 9.17) is 0 Å². The molecule has 1 aliphatic rings. The molecule has 11 nitrogen and oxygen atoms in total. The van der Waals surface area contributed by atoms with Crippen molar-refractivity contribution in [3.8, 4) is 34.6 Å². The van der Waals surface area contributed by atoms with Crippen LogP contribution in [0.5, 0.6) is 17.5 Å². The first-order chi connectivity index (χ1) is 21.2. The molecule has 11 heteroatoms. The van der Waals surface area contributed by atoms with Gasteiger partial charge in [0.25, 0.3) is 5.91 Å². The number of aromatic nitrogens is 3. The molecular weight excluding hydrogens is 574 g/mol. The average molecular weight is 616 g/mol. The number of hydrogen-bond acceptors (Lipinski definition) is 9. The Morgan fingerprint density at radius 1 is 0.844 bits per heavy atom. The van der Waals surface area contributed by atoms with Gasteiger partial charge in [-0.25, -0.2) is 4.57 Å². The molecule has 2 heterocycles. The van der Waals surface area contributed by atoms with Gasteiger partial charge in [-0.05, 0) is 73.7 Å². The molecule has 5 rings (SSSR count). The molecule has 1 atom stereocenters. The van der Waals surface area contributed by atoms with Crippen molar-refractivity contribution in [2.24, 2.45) is 0 Å². The number of carbonyl (C=O) groups is 1. The first-order valence-electron chi connectivity index (χ1n) is 15.0. The van der Waals surface area contributed by atoms with Crippen molar-refractivity contribution in [3.05, 3.63) is 82.9 Å². The van der Waals surface area contributed by atoms with Crippen molar-refractivity contribution in [3.63, 3.8) is 0 Å². The predicted octanol–water partition coefficient (Wildman–Crippen LogP) is 4.11. The summed E-state index contributed by atoms with van der Waals surface area (Å²) in [5.41, 5.74) is 0.928. The summed E-state index contributed by atoms with van der Waals surface area (Å²) < 4.78 is 1.45. The number of amides is 1. The number of benzene rings is 3. The van der Waals surface area contributed by atoms with Crippen LogP contribution in [0, 0.1) is 0 Å². The van der Waals surface area contributed by atoms with Gasteiger partial charge in [0.1, 0.15) is 17.1 Å². The Morgan fingerprint density at radius 3 is 2.04 bits per heavy atom. The van der Waals surface area contributed by atoms with Crippen LogP contribution >= 0.6 is 0 Å². The maximum atomic E-state index is 13.2. The highest BCUT2D eigenvalue weighted by Gasteiger charge is 2.39. The molecule has 4 aromatic rings. The van der Waals surface area contributed by atoms with Gasteiger partial charge in [0.2, 0.25) is 0 Å². The summed E-state index contributed by atoms with van der Waals surface area (Å²) in [6.45, 7) is 11.7. The second kappa shape index (κ2) is 12.2. The monoisotopic (exact) mass is 615 g/mol. The maximum Gasteiger partial charge on any atom is 0.319 e. The third kappa shape index (κ3) is 6.37. The van der Waals surface area contributed by atoms with Gasteiger partial charge in [0.15, 0.2) is 5.82 Å². The number of nitrogens with zero attached hydrogens (tertiary/aromatic N) is 5. The second-order valence-corrected chi connectivity index (χ2v) is 12.7. The summed E-state index contributed by atoms with van der Waals surface area (Å²) in [4.78, 5) is 17.2. The lowest BCUT2D eigenvalue weighted by molar-refractivity contribution is -0.125. The number of phenolic OH excluding ortho intramolecular Hbond substituents is 2. The number of aliphatic hydroxyl groups is 2. The third-order valence-electron chi connectivity index (χ3n) is 8.80. The van der Waals surface area contributed by atoms with Gasteiger partial charge in [-0.2, -0.15) is 0 Å². The molecule has 1 aromatic heterocycles. The SMILES string of the molecule is CC(C)c1cc(-c2nnc(O)n2-c2ccc(CN3CCN(C(=O)c4ccc(C(C)(O)C(C)(C)O)cc4)CC3)cc2)c(O)cc1O. The van der Waals surface area contributed by atoms with Crippen LogP contribution in [0.4, 0.5) is 0 Å². The van der Waals surface area contributed by atoms with Crippen LogP contribution in [0.25, 0.3) is 17.1 Å². The van der Waals surface area contributed by atoms with Crippen molar-refractivity contribution >= 4 is 5.91 Å². The summed E-state index contributed by atoms with van der Waals surface area (Å²) in [7, 11) is 0. The van der Waals surface area contributed by atoms with Gasteiger partial charge in [-0.3, -0.25) is 9.69 Å². The predicted molar refractivity (Wildman–Crippen MR) is 169 cm³/mol. The Hall–Kier alpha value is -4.45. The molecule has 0 bridgehead atoms. The van der Waals surface area contributed by atoms with Gasteiger partial charge >= 0.3 is 6.01 Å². The molecule has 45 heavy (non-hydrogen) atoms. The lowest BCUT2D eigenvalue weighted by atomic mass is 9.81. The Labute approximate surface area is 262 Å². The smallest absolute Gasteiger partial charge is 0.319 e. The van der Waals surface area contributed by atoms with E-state index in [0.717, 1.165) is 5.56 Å². The summed E-state index contributed by atoms with van der Waals surface area (Å²) >= 11 is 0. The standard InChI is InChI=1S/C34H41N5O6/c1-21(2)26-18-27(29(41)19-28(26)40)30-35-36-32(43)39(30)25-12-6-22(7-13-25)20-37-14-16-38(17-15-37)31(42)23-8-10-24(11-9-23)34(5,45)33(3,4)44/h6-13,18-19,21,40-41,44-45H,14-17,20H2,1-5H3,(H,36,43). The molecule has 3 aromatic carbocycles. The van der Waals surface area contributed by atoms with Crippen molar-refractivity contribution in [2.45, 2.75) is 58.3 Å². The first kappa shape index (κ1) is 32.0. The molecule has 0 saturated carbocycles. The average Bonchev–Trinajstić information content (AvgIpc) is 3.37. The van der Waals surface area contributed by atoms with Gasteiger partial charge in [-0.1, -0.05) is 43.2 Å². The van der Waals surface area contributed by atoms with Crippen LogP contribution in [0.1, 0.15) is 67.6 Å². The number of hydrogen-bond donors (Lipinski definition) is 5. The largest absolute Gasteiger partial charge is 0.508 e. The van der Waals surface area contributed by atoms with Gasteiger partial charge in [0, 0.05) is 44.4 Å². The van der Waals surface area contributed by atoms with Gasteiger partial charge < -0.3 is 30.4 Å². The van der Waals surface area contributed by atoms with E-state index in [2.05, 4.69) is 15.1 Å². The van der Waals surface area contributed by atoms with Crippen LogP contribution in [0.3, 0.4) is 0 Å². The maximum absolute atomic E-state index is 13.2. The minimum Gasteiger partial charge on any atom is -0.508 e. The zero-order valence-corrected chi connectivity index (χ0v) is 26.3. The molecule has 1 saturated heterocycles. The third-order valence-corrected chi connectivity index (χ3v) is 8.80. The highest BCUT2D eigenvalue weighted by atomic mass is 16.4. The Morgan fingerprint density at radius 2 is 1.47 bits per heavy atom. The minimum atomic E-state index is -1.45. The van der Waals surface area contributed by atoms with Gasteiger partial charge in [-0.15, -0.1) is 5.10 Å². The van der Waals surface area contributed by atoms with E-state index in [0.29, 0.717) is 60.7 Å². The summed E-state index contributed by atoms with van der Waals surface area (Å²) in [5.74, 6) is -0.000899. The zero-order chi connectivity index (χ0) is 32.7. The van der Waals surface area contributed by atoms with Crippen LogP contribution in [-0.4, -0.2) is 87.8 Å². The Balaban J connectivity index is 1.23. The number of phenols is 2. The quantitative estimate of drug-likeness (QED) is 0.197. The molecule has 5 N–H and O–H groups in total. The molecule has 238 valence electrons. The first-order valence-corrected chi connectivity index (χ1v) is 15.0. The fourth-order valence-corrected chi connectivity index (χ4v) is 5.51. The van der Waals surface area contributed by atoms with Crippen molar-refractivity contribution in [1.29, 1.82) is 0 Å². The molecule has 1 unspecified atom stereocenters. The molecule has 0 radical (unpaired) electrons. The fourth-order valence-electron chi connectivity index (χ4n) is 5.51. The number of aromatic hydroxyl groups is 3. The minimum absolute atomic E-state index is 0.00377. The summed E-state index contributed by atoms with van der Waals surface area (Å²) in [6.07, 6.45) is 0. The molecule has 1 amide bonds. The van der Waals surface area contributed by atoms with E-state index in [-0.39, 0.29) is 35.2 Å². The van der Waals surface area contributed by atoms with Crippen molar-refractivity contribution in [1.82, 2.24) is 24.6 Å². The molecule has 0 spiro atoms. The lowest BCUT2D eigenvalue weighted by Crippen LogP contribution is -2.48. The van der Waals surface area contributed by atoms with Crippen LogP contribution in [0.2, 0.25) is 0 Å². The van der Waals surface area contributed by atoms with Crippen LogP contribution in [-0.2, 0) is 12.1 Å². The van der Waals surface area contributed by atoms with E-state index >= 15 is 0 Å². The van der Waals surface area contributed by atoms with Crippen LogP contribution < -0.4 is 0 Å². The second-order valence-electron chi connectivity index (χ2n) is 12.7. The van der Waals surface area contributed by atoms with Gasteiger partial charge in [0.05, 0.1) is 16.9 Å². The molecule has 1 aliphatic heterocycles. The van der Waals surface area contributed by atoms with E-state index < -0.39 is 11.2 Å². The molecule has 0 aliphatic carbocycles. The van der Waals surface area contributed by atoms with Crippen LogP contribution in [0.15, 0.2) is 60.7 Å². The number of piperazine rings is 1. The van der Waals surface area contributed by atoms with Crippen molar-refractivity contribution < 1.29 is 30.3 Å². The highest BCUT2D eigenvalue weighted by molar-refractivity contribution is 5.94. The Kier molecular flexibility index (Phi) is 8.63. The fraction of sp³-hybridized carbons (Fsp3) is 0.382. The lowest BCUT2D eigenvalue weighted by Gasteiger charge is -2.36. The van der Waals surface area contributed by atoms with E-state index in [1.165, 1.54) is 10.6 Å². The topological polar surface area (TPSA) is 155 Å². The Bertz CT molecular complexity index is 1670. The van der Waals surface area contributed by atoms with E-state index in [1.807, 2.05) is 43.0 Å². The van der Waals surface area contributed by atoms with E-state index in [9.17, 15) is 30.3 Å². The zero-order valence-electron chi connectivity index (χ0n) is 26.3. The van der Waals surface area contributed by atoms with E-state index in [1.54, 1.807) is 51.1 Å². The molecule has 1 fully saturated rings. The summed E-state index contributed by atoms with van der Waals surface area (Å²) in [5, 5.41) is 60.3. The highest BCUT2D eigenvalue weighted by Crippen LogP contribution is 2.39. The number of carbonyl (C=O) groups excluding carboxylic acids is 1. The molecular formula is C34H41N5O6. The number of rotatable bonds is 8. The van der Waals surface area contributed by atoms with Crippen molar-refractivity contribution in [2.75, 3.05) is 26.2 Å². The summed E-state index contributed by atoms with van der Waals surface area (Å²) in [6, 6.07) is 17.0.